The van der Waals surface area contributed by atoms with E-state index in [0.717, 1.165) is 6.20 Å². The highest BCUT2D eigenvalue weighted by Gasteiger charge is 2.32. The van der Waals surface area contributed by atoms with Crippen LogP contribution in [0.15, 0.2) is 6.20 Å². The number of hydrogen-bond donors (Lipinski definition) is 0. The van der Waals surface area contributed by atoms with Gasteiger partial charge in [-0.25, -0.2) is 4.98 Å². The number of unbranched alkanes of at least 4 members (excludes halogenated alkanes) is 5. The maximum Gasteiger partial charge on any atom is 0.427 e. The molecular weight excluding hydrogens is 259 g/mol. The van der Waals surface area contributed by atoms with Gasteiger partial charge in [-0.1, -0.05) is 52.4 Å². The third-order valence-corrected chi connectivity index (χ3v) is 3.32. The minimum atomic E-state index is -4.23. The van der Waals surface area contributed by atoms with Crippen LogP contribution < -0.4 is 0 Å². The van der Waals surface area contributed by atoms with Crippen LogP contribution in [0, 0.1) is 6.92 Å². The monoisotopic (exact) mass is 281 g/mol. The molecule has 0 unspecified atom stereocenters. The number of hydrogen-bond acceptors (Lipinski definition) is 2. The van der Waals surface area contributed by atoms with Crippen LogP contribution in [0.25, 0.3) is 0 Å². The number of halogens is 3. The van der Waals surface area contributed by atoms with Crippen LogP contribution in [0.1, 0.15) is 62.3 Å². The van der Waals surface area contributed by atoms with E-state index in [-0.39, 0.29) is 0 Å². The summed E-state index contributed by atoms with van der Waals surface area (Å²) in [5.74, 6) is 0. The highest BCUT2D eigenvalue weighted by molar-refractivity contribution is 7.11. The van der Waals surface area contributed by atoms with Gasteiger partial charge in [-0.2, -0.15) is 13.2 Å². The average molecular weight is 281 g/mol. The van der Waals surface area contributed by atoms with E-state index in [1.165, 1.54) is 38.5 Å². The molecule has 0 radical (unpaired) electrons. The van der Waals surface area contributed by atoms with E-state index < -0.39 is 11.1 Å². The fourth-order valence-corrected chi connectivity index (χ4v) is 1.99. The molecule has 1 heterocycles. The molecule has 0 spiro atoms. The molecule has 0 saturated heterocycles. The van der Waals surface area contributed by atoms with Gasteiger partial charge in [0.15, 0.2) is 0 Å². The van der Waals surface area contributed by atoms with E-state index in [1.807, 2.05) is 0 Å². The molecular formula is C13H22F3NS. The predicted molar refractivity (Wildman–Crippen MR) is 70.9 cm³/mol. The van der Waals surface area contributed by atoms with E-state index in [9.17, 15) is 13.2 Å². The van der Waals surface area contributed by atoms with Gasteiger partial charge < -0.3 is 0 Å². The van der Waals surface area contributed by atoms with E-state index in [4.69, 9.17) is 0 Å². The molecule has 1 aromatic heterocycles. The highest BCUT2D eigenvalue weighted by Crippen LogP contribution is 2.32. The molecule has 1 rings (SSSR count). The second-order valence-electron chi connectivity index (χ2n) is 4.16. The molecule has 0 fully saturated rings. The molecule has 0 aliphatic heterocycles. The van der Waals surface area contributed by atoms with Gasteiger partial charge in [0.25, 0.3) is 0 Å². The van der Waals surface area contributed by atoms with Crippen molar-refractivity contribution in [3.05, 3.63) is 16.1 Å². The smallest absolute Gasteiger partial charge is 0.249 e. The normalized spacial score (nSPS) is 11.0. The molecule has 18 heavy (non-hydrogen) atoms. The van der Waals surface area contributed by atoms with Gasteiger partial charge in [0.1, 0.15) is 4.88 Å². The molecule has 0 aliphatic rings. The standard InChI is InChI=1S/C8H18.C5H4F3NS/c1-3-5-7-8-6-4-2;1-3-9-2-4(10-3)5(6,7)8/h3-8H2,1-2H3;2H,1H3. The lowest BCUT2D eigenvalue weighted by Gasteiger charge is -1.98. The van der Waals surface area contributed by atoms with Crippen molar-refractivity contribution in [3.8, 4) is 0 Å². The Morgan fingerprint density at radius 2 is 1.56 bits per heavy atom. The van der Waals surface area contributed by atoms with Crippen molar-refractivity contribution in [1.82, 2.24) is 4.98 Å². The zero-order valence-electron chi connectivity index (χ0n) is 11.3. The van der Waals surface area contributed by atoms with Crippen molar-refractivity contribution in [2.45, 2.75) is 65.5 Å². The Labute approximate surface area is 111 Å². The van der Waals surface area contributed by atoms with E-state index in [0.29, 0.717) is 16.3 Å². The number of nitrogens with zero attached hydrogens (tertiary/aromatic N) is 1. The van der Waals surface area contributed by atoms with Gasteiger partial charge in [-0.15, -0.1) is 11.3 Å². The summed E-state index contributed by atoms with van der Waals surface area (Å²) < 4.78 is 35.3. The summed E-state index contributed by atoms with van der Waals surface area (Å²) in [5.41, 5.74) is 0. The van der Waals surface area contributed by atoms with Crippen molar-refractivity contribution in [2.75, 3.05) is 0 Å². The van der Waals surface area contributed by atoms with Crippen LogP contribution in [0.2, 0.25) is 0 Å². The summed E-state index contributed by atoms with van der Waals surface area (Å²) in [6.07, 6.45) is 5.11. The molecule has 1 aromatic rings. The first-order chi connectivity index (χ1) is 8.41. The van der Waals surface area contributed by atoms with Gasteiger partial charge in [0.2, 0.25) is 0 Å². The Hall–Kier alpha value is -0.580. The Balaban J connectivity index is 0.000000331. The molecule has 0 aromatic carbocycles. The van der Waals surface area contributed by atoms with Crippen LogP contribution in [-0.4, -0.2) is 4.98 Å². The first-order valence-corrected chi connectivity index (χ1v) is 7.23. The Kier molecular flexibility index (Phi) is 9.06. The average Bonchev–Trinajstić information content (AvgIpc) is 2.72. The zero-order chi connectivity index (χ0) is 14.0. The molecule has 0 saturated carbocycles. The second-order valence-corrected chi connectivity index (χ2v) is 5.39. The third-order valence-electron chi connectivity index (χ3n) is 2.36. The number of rotatable bonds is 5. The molecule has 106 valence electrons. The van der Waals surface area contributed by atoms with Gasteiger partial charge in [0.05, 0.1) is 11.2 Å². The number of aryl methyl sites for hydroxylation is 1. The summed E-state index contributed by atoms with van der Waals surface area (Å²) in [4.78, 5) is 2.85. The predicted octanol–water partition coefficient (Wildman–Crippen LogP) is 5.84. The summed E-state index contributed by atoms with van der Waals surface area (Å²) in [7, 11) is 0. The maximum atomic E-state index is 11.8. The highest BCUT2D eigenvalue weighted by atomic mass is 32.1. The van der Waals surface area contributed by atoms with Crippen molar-refractivity contribution in [2.24, 2.45) is 0 Å². The minimum Gasteiger partial charge on any atom is -0.249 e. The SMILES string of the molecule is CCCCCCCC.Cc1ncc(C(F)(F)F)s1. The van der Waals surface area contributed by atoms with Crippen molar-refractivity contribution in [3.63, 3.8) is 0 Å². The van der Waals surface area contributed by atoms with E-state index in [1.54, 1.807) is 6.92 Å². The van der Waals surface area contributed by atoms with E-state index in [2.05, 4.69) is 18.8 Å². The molecule has 0 N–H and O–H groups in total. The fourth-order valence-electron chi connectivity index (χ4n) is 1.35. The zero-order valence-corrected chi connectivity index (χ0v) is 12.1. The van der Waals surface area contributed by atoms with Crippen LogP contribution in [0.4, 0.5) is 13.2 Å². The van der Waals surface area contributed by atoms with Crippen molar-refractivity contribution in [1.29, 1.82) is 0 Å². The van der Waals surface area contributed by atoms with Gasteiger partial charge in [0, 0.05) is 0 Å². The molecule has 0 atom stereocenters. The topological polar surface area (TPSA) is 12.9 Å². The summed E-state index contributed by atoms with van der Waals surface area (Å²) >= 11 is 0.659. The number of thiazole rings is 1. The lowest BCUT2D eigenvalue weighted by atomic mass is 10.1. The van der Waals surface area contributed by atoms with Crippen LogP contribution in [0.5, 0.6) is 0 Å². The molecule has 5 heteroatoms. The Morgan fingerprint density at radius 1 is 1.06 bits per heavy atom. The largest absolute Gasteiger partial charge is 0.427 e. The van der Waals surface area contributed by atoms with Crippen LogP contribution >= 0.6 is 11.3 Å². The van der Waals surface area contributed by atoms with Crippen molar-refractivity contribution >= 4 is 11.3 Å². The summed E-state index contributed by atoms with van der Waals surface area (Å²) in [5, 5.41) is 0.437. The first-order valence-electron chi connectivity index (χ1n) is 6.41. The molecule has 0 aliphatic carbocycles. The van der Waals surface area contributed by atoms with Crippen molar-refractivity contribution < 1.29 is 13.2 Å². The maximum absolute atomic E-state index is 11.8. The lowest BCUT2D eigenvalue weighted by molar-refractivity contribution is -0.134. The van der Waals surface area contributed by atoms with Crippen LogP contribution in [-0.2, 0) is 6.18 Å². The number of aromatic nitrogens is 1. The van der Waals surface area contributed by atoms with Gasteiger partial charge in [-0.05, 0) is 6.92 Å². The summed E-state index contributed by atoms with van der Waals surface area (Å²) in [6, 6.07) is 0. The molecule has 1 nitrogen and oxygen atoms in total. The van der Waals surface area contributed by atoms with E-state index >= 15 is 0 Å². The molecule has 0 bridgehead atoms. The number of alkyl halides is 3. The van der Waals surface area contributed by atoms with Gasteiger partial charge >= 0.3 is 6.18 Å². The minimum absolute atomic E-state index is 0.437. The Morgan fingerprint density at radius 3 is 1.78 bits per heavy atom. The molecule has 0 amide bonds. The summed E-state index contributed by atoms with van der Waals surface area (Å²) in [6.45, 7) is 6.05. The van der Waals surface area contributed by atoms with Crippen LogP contribution in [0.3, 0.4) is 0 Å². The Bertz CT molecular complexity index is 301. The van der Waals surface area contributed by atoms with Gasteiger partial charge in [-0.3, -0.25) is 0 Å². The fraction of sp³-hybridized carbons (Fsp3) is 0.769. The second kappa shape index (κ2) is 9.36. The third kappa shape index (κ3) is 8.50. The first kappa shape index (κ1) is 17.4. The quantitative estimate of drug-likeness (QED) is 0.618. The lowest BCUT2D eigenvalue weighted by Crippen LogP contribution is -2.00.